The first-order valence-electron chi connectivity index (χ1n) is 5.34. The number of para-hydroxylation sites is 1. The average Bonchev–Trinajstić information content (AvgIpc) is 2.99. The Balaban J connectivity index is 1.84. The van der Waals surface area contributed by atoms with Gasteiger partial charge in [-0.15, -0.1) is 22.7 Å². The maximum absolute atomic E-state index is 4.60. The van der Waals surface area contributed by atoms with Crippen molar-refractivity contribution < 1.29 is 0 Å². The van der Waals surface area contributed by atoms with Crippen LogP contribution in [0.3, 0.4) is 0 Å². The normalized spacial score (nSPS) is 10.5. The molecule has 0 saturated carbocycles. The summed E-state index contributed by atoms with van der Waals surface area (Å²) in [5, 5.41) is 8.35. The molecule has 1 N–H and O–H groups in total. The Morgan fingerprint density at radius 2 is 1.89 bits per heavy atom. The van der Waals surface area contributed by atoms with Crippen LogP contribution >= 0.6 is 38.6 Å². The van der Waals surface area contributed by atoms with Crippen molar-refractivity contribution >= 4 is 49.4 Å². The van der Waals surface area contributed by atoms with Crippen LogP contribution in [0, 0.1) is 0 Å². The second kappa shape index (κ2) is 5.22. The molecule has 0 unspecified atom stereocenters. The lowest BCUT2D eigenvalue weighted by Crippen LogP contribution is -1.88. The SMILES string of the molecule is Brc1ccsc1-c1csc(Nc2ccccc2)n1. The molecule has 90 valence electrons. The van der Waals surface area contributed by atoms with Crippen LogP contribution < -0.4 is 5.32 Å². The molecular weight excluding hydrogens is 328 g/mol. The second-order valence-electron chi connectivity index (χ2n) is 3.63. The Morgan fingerprint density at radius 1 is 1.06 bits per heavy atom. The molecule has 18 heavy (non-hydrogen) atoms. The van der Waals surface area contributed by atoms with Crippen LogP contribution in [0.5, 0.6) is 0 Å². The summed E-state index contributed by atoms with van der Waals surface area (Å²) >= 11 is 6.84. The molecule has 0 bridgehead atoms. The third kappa shape index (κ3) is 2.48. The van der Waals surface area contributed by atoms with E-state index in [-0.39, 0.29) is 0 Å². The number of nitrogens with zero attached hydrogens (tertiary/aromatic N) is 1. The van der Waals surface area contributed by atoms with Crippen LogP contribution in [-0.4, -0.2) is 4.98 Å². The Bertz CT molecular complexity index is 646. The molecule has 3 rings (SSSR count). The van der Waals surface area contributed by atoms with Crippen LogP contribution in [0.1, 0.15) is 0 Å². The van der Waals surface area contributed by atoms with E-state index in [4.69, 9.17) is 0 Å². The predicted molar refractivity (Wildman–Crippen MR) is 82.9 cm³/mol. The van der Waals surface area contributed by atoms with Gasteiger partial charge >= 0.3 is 0 Å². The molecule has 0 aliphatic carbocycles. The summed E-state index contributed by atoms with van der Waals surface area (Å²) in [6, 6.07) is 12.1. The van der Waals surface area contributed by atoms with E-state index in [1.54, 1.807) is 22.7 Å². The largest absolute Gasteiger partial charge is 0.332 e. The number of thiophene rings is 1. The fraction of sp³-hybridized carbons (Fsp3) is 0. The number of nitrogens with one attached hydrogen (secondary N) is 1. The van der Waals surface area contributed by atoms with Gasteiger partial charge in [-0.2, -0.15) is 0 Å². The van der Waals surface area contributed by atoms with Crippen LogP contribution in [0.2, 0.25) is 0 Å². The summed E-state index contributed by atoms with van der Waals surface area (Å²) < 4.78 is 1.10. The molecule has 2 aromatic heterocycles. The van der Waals surface area contributed by atoms with Gasteiger partial charge in [0, 0.05) is 15.5 Å². The lowest BCUT2D eigenvalue weighted by atomic mass is 10.3. The third-order valence-corrected chi connectivity index (χ3v) is 5.00. The zero-order valence-electron chi connectivity index (χ0n) is 9.26. The smallest absolute Gasteiger partial charge is 0.187 e. The highest BCUT2D eigenvalue weighted by atomic mass is 79.9. The van der Waals surface area contributed by atoms with Gasteiger partial charge in [-0.3, -0.25) is 0 Å². The zero-order valence-corrected chi connectivity index (χ0v) is 12.5. The minimum atomic E-state index is 0.913. The molecule has 0 spiro atoms. The van der Waals surface area contributed by atoms with Gasteiger partial charge < -0.3 is 5.32 Å². The molecule has 0 fully saturated rings. The van der Waals surface area contributed by atoms with Crippen LogP contribution in [-0.2, 0) is 0 Å². The van der Waals surface area contributed by atoms with Crippen molar-refractivity contribution in [2.24, 2.45) is 0 Å². The topological polar surface area (TPSA) is 24.9 Å². The lowest BCUT2D eigenvalue weighted by Gasteiger charge is -2.00. The number of thiazole rings is 1. The van der Waals surface area contributed by atoms with Gasteiger partial charge in [-0.05, 0) is 39.5 Å². The molecular formula is C13H9BrN2S2. The van der Waals surface area contributed by atoms with Gasteiger partial charge in [0.15, 0.2) is 5.13 Å². The molecule has 0 aliphatic heterocycles. The quantitative estimate of drug-likeness (QED) is 0.694. The standard InChI is InChI=1S/C13H9BrN2S2/c14-10-6-7-17-12(10)11-8-18-13(16-11)15-9-4-2-1-3-5-9/h1-8H,(H,15,16). The van der Waals surface area contributed by atoms with Gasteiger partial charge in [-0.1, -0.05) is 18.2 Å². The fourth-order valence-corrected chi connectivity index (χ4v) is 3.89. The van der Waals surface area contributed by atoms with Crippen molar-refractivity contribution in [3.63, 3.8) is 0 Å². The van der Waals surface area contributed by atoms with Crippen LogP contribution in [0.4, 0.5) is 10.8 Å². The number of aromatic nitrogens is 1. The Labute approximate surface area is 121 Å². The number of halogens is 1. The number of hydrogen-bond donors (Lipinski definition) is 1. The molecule has 0 amide bonds. The van der Waals surface area contributed by atoms with Crippen molar-refractivity contribution in [3.8, 4) is 10.6 Å². The first-order chi connectivity index (χ1) is 8.83. The van der Waals surface area contributed by atoms with E-state index in [9.17, 15) is 0 Å². The van der Waals surface area contributed by atoms with Crippen molar-refractivity contribution in [1.82, 2.24) is 4.98 Å². The highest BCUT2D eigenvalue weighted by Gasteiger charge is 2.09. The Morgan fingerprint density at radius 3 is 2.61 bits per heavy atom. The highest BCUT2D eigenvalue weighted by molar-refractivity contribution is 9.10. The van der Waals surface area contributed by atoms with E-state index in [0.717, 1.165) is 21.0 Å². The highest BCUT2D eigenvalue weighted by Crippen LogP contribution is 2.35. The van der Waals surface area contributed by atoms with E-state index in [0.29, 0.717) is 0 Å². The minimum Gasteiger partial charge on any atom is -0.332 e. The molecule has 3 aromatic rings. The predicted octanol–water partition coefficient (Wildman–Crippen LogP) is 5.38. The number of benzene rings is 1. The second-order valence-corrected chi connectivity index (χ2v) is 6.26. The van der Waals surface area contributed by atoms with Gasteiger partial charge in [0.05, 0.1) is 10.6 Å². The number of anilines is 2. The minimum absolute atomic E-state index is 0.913. The maximum Gasteiger partial charge on any atom is 0.187 e. The first-order valence-corrected chi connectivity index (χ1v) is 7.89. The lowest BCUT2D eigenvalue weighted by molar-refractivity contribution is 1.39. The molecule has 2 nitrogen and oxygen atoms in total. The first kappa shape index (κ1) is 11.9. The van der Waals surface area contributed by atoms with E-state index < -0.39 is 0 Å². The van der Waals surface area contributed by atoms with Gasteiger partial charge in [0.1, 0.15) is 0 Å². The van der Waals surface area contributed by atoms with E-state index in [1.807, 2.05) is 36.4 Å². The van der Waals surface area contributed by atoms with Crippen molar-refractivity contribution in [2.75, 3.05) is 5.32 Å². The van der Waals surface area contributed by atoms with E-state index >= 15 is 0 Å². The molecule has 0 saturated heterocycles. The van der Waals surface area contributed by atoms with Crippen molar-refractivity contribution in [2.45, 2.75) is 0 Å². The molecule has 0 radical (unpaired) electrons. The molecule has 2 heterocycles. The Hall–Kier alpha value is -1.17. The van der Waals surface area contributed by atoms with Crippen LogP contribution in [0.15, 0.2) is 51.6 Å². The van der Waals surface area contributed by atoms with Gasteiger partial charge in [0.2, 0.25) is 0 Å². The number of hydrogen-bond acceptors (Lipinski definition) is 4. The monoisotopic (exact) mass is 336 g/mol. The summed E-state index contributed by atoms with van der Waals surface area (Å²) in [5.74, 6) is 0. The van der Waals surface area contributed by atoms with Gasteiger partial charge in [-0.25, -0.2) is 4.98 Å². The summed E-state index contributed by atoms with van der Waals surface area (Å²) in [7, 11) is 0. The van der Waals surface area contributed by atoms with E-state index in [1.165, 1.54) is 4.88 Å². The third-order valence-electron chi connectivity index (χ3n) is 2.38. The Kier molecular flexibility index (Phi) is 3.45. The molecule has 1 aromatic carbocycles. The zero-order chi connectivity index (χ0) is 12.4. The number of rotatable bonds is 3. The summed E-state index contributed by atoms with van der Waals surface area (Å²) in [6.07, 6.45) is 0. The van der Waals surface area contributed by atoms with Crippen molar-refractivity contribution in [3.05, 3.63) is 51.6 Å². The van der Waals surface area contributed by atoms with Crippen LogP contribution in [0.25, 0.3) is 10.6 Å². The maximum atomic E-state index is 4.60. The molecule has 5 heteroatoms. The summed E-state index contributed by atoms with van der Waals surface area (Å²) in [6.45, 7) is 0. The molecule has 0 aliphatic rings. The van der Waals surface area contributed by atoms with Crippen molar-refractivity contribution in [1.29, 1.82) is 0 Å². The van der Waals surface area contributed by atoms with E-state index in [2.05, 4.69) is 37.0 Å². The average molecular weight is 337 g/mol. The fourth-order valence-electron chi connectivity index (χ4n) is 1.56. The summed E-state index contributed by atoms with van der Waals surface area (Å²) in [5.41, 5.74) is 2.07. The van der Waals surface area contributed by atoms with Gasteiger partial charge in [0.25, 0.3) is 0 Å². The summed E-state index contributed by atoms with van der Waals surface area (Å²) in [4.78, 5) is 5.77. The molecule has 0 atom stereocenters.